The van der Waals surface area contributed by atoms with Crippen LogP contribution in [0.1, 0.15) is 30.9 Å². The molecule has 0 saturated carbocycles. The fourth-order valence-corrected chi connectivity index (χ4v) is 5.80. The normalized spacial score (nSPS) is 16.6. The first-order chi connectivity index (χ1) is 19.2. The van der Waals surface area contributed by atoms with Gasteiger partial charge in [-0.2, -0.15) is 18.3 Å². The number of aryl methyl sites for hydroxylation is 1. The summed E-state index contributed by atoms with van der Waals surface area (Å²) in [6.45, 7) is 8.99. The predicted molar refractivity (Wildman–Crippen MR) is 150 cm³/mol. The molecule has 0 atom stereocenters. The average Bonchev–Trinajstić information content (AvgIpc) is 3.61. The molecule has 14 heteroatoms. The number of hydrogen-bond donors (Lipinski definition) is 1. The van der Waals surface area contributed by atoms with Crippen molar-refractivity contribution in [3.8, 4) is 0 Å². The van der Waals surface area contributed by atoms with Gasteiger partial charge in [-0.15, -0.1) is 0 Å². The van der Waals surface area contributed by atoms with Crippen molar-refractivity contribution in [3.05, 3.63) is 34.2 Å². The number of carbonyl (C=O) groups excluding carboxylic acids is 1. The summed E-state index contributed by atoms with van der Waals surface area (Å²) in [6.07, 6.45) is -0.783. The molecule has 0 radical (unpaired) electrons. The van der Waals surface area contributed by atoms with Crippen molar-refractivity contribution in [2.24, 2.45) is 0 Å². The number of anilines is 3. The van der Waals surface area contributed by atoms with Gasteiger partial charge >= 0.3 is 12.1 Å². The zero-order valence-corrected chi connectivity index (χ0v) is 24.1. The Hall–Kier alpha value is -3.13. The largest absolute Gasteiger partial charge is 0.493 e. The molecule has 216 valence electrons. The van der Waals surface area contributed by atoms with Gasteiger partial charge in [-0.1, -0.05) is 6.92 Å². The van der Waals surface area contributed by atoms with Crippen LogP contribution in [-0.2, 0) is 16.1 Å². The van der Waals surface area contributed by atoms with Crippen molar-refractivity contribution in [3.63, 3.8) is 0 Å². The maximum absolute atomic E-state index is 13.2. The first-order valence-electron chi connectivity index (χ1n) is 13.4. The van der Waals surface area contributed by atoms with E-state index >= 15 is 0 Å². The van der Waals surface area contributed by atoms with Crippen molar-refractivity contribution in [1.82, 2.24) is 25.1 Å². The van der Waals surface area contributed by atoms with Crippen LogP contribution in [0.5, 0.6) is 0 Å². The molecular weight excluding hydrogens is 593 g/mol. The Morgan fingerprint density at radius 1 is 1.10 bits per heavy atom. The highest BCUT2D eigenvalue weighted by Crippen LogP contribution is 2.35. The Bertz CT molecular complexity index is 1350. The van der Waals surface area contributed by atoms with Crippen LogP contribution in [0.25, 0.3) is 11.0 Å². The lowest BCUT2D eigenvalue weighted by atomic mass is 10.0. The average molecular weight is 625 g/mol. The predicted octanol–water partition coefficient (Wildman–Crippen LogP) is 4.24. The first kappa shape index (κ1) is 28.4. The van der Waals surface area contributed by atoms with E-state index in [0.29, 0.717) is 55.1 Å². The van der Waals surface area contributed by atoms with Gasteiger partial charge in [-0.05, 0) is 78.5 Å². The van der Waals surface area contributed by atoms with E-state index in [0.717, 1.165) is 59.0 Å². The fourth-order valence-electron chi connectivity index (χ4n) is 5.35. The zero-order chi connectivity index (χ0) is 28.4. The lowest BCUT2D eigenvalue weighted by Crippen LogP contribution is -2.47. The molecule has 1 N–H and O–H groups in total. The number of H-pyrrole nitrogens is 1. The number of nitrogens with one attached hydrogen (secondary N) is 1. The fraction of sp³-hybridized carbons (Fsp3) is 0.538. The molecule has 5 rings (SSSR count). The van der Waals surface area contributed by atoms with Crippen molar-refractivity contribution >= 4 is 50.1 Å². The second-order valence-corrected chi connectivity index (χ2v) is 10.8. The maximum Gasteiger partial charge on any atom is 0.493 e. The number of carbonyl (C=O) groups is 1. The van der Waals surface area contributed by atoms with E-state index in [2.05, 4.69) is 56.9 Å². The smallest absolute Gasteiger partial charge is 0.368 e. The van der Waals surface area contributed by atoms with Gasteiger partial charge in [0.15, 0.2) is 5.65 Å². The van der Waals surface area contributed by atoms with Gasteiger partial charge in [0.05, 0.1) is 17.6 Å². The van der Waals surface area contributed by atoms with Gasteiger partial charge < -0.3 is 19.5 Å². The topological polar surface area (TPSA) is 93.7 Å². The minimum absolute atomic E-state index is 0.145. The third-order valence-corrected chi connectivity index (χ3v) is 8.12. The monoisotopic (exact) mass is 624 g/mol. The molecule has 0 unspecified atom stereocenters. The van der Waals surface area contributed by atoms with Crippen LogP contribution in [-0.4, -0.2) is 89.6 Å². The van der Waals surface area contributed by atoms with Gasteiger partial charge in [-0.3, -0.25) is 5.10 Å². The summed E-state index contributed by atoms with van der Waals surface area (Å²) in [5.41, 5.74) is 3.77. The number of likely N-dealkylation sites (tertiary alicyclic amines) is 1. The van der Waals surface area contributed by atoms with Crippen LogP contribution in [0.3, 0.4) is 0 Å². The van der Waals surface area contributed by atoms with Crippen LogP contribution in [0.4, 0.5) is 30.4 Å². The molecule has 2 aliphatic heterocycles. The molecule has 2 saturated heterocycles. The SMILES string of the molecule is CCc1cc(N2CCN(c3ncnc4[nH]nc(Br)c34)CC2)c(C)c(N(CCN2CCCC2)OC(=O)C(F)(F)F)c1. The molecule has 0 spiro atoms. The lowest BCUT2D eigenvalue weighted by molar-refractivity contribution is -0.201. The first-order valence-corrected chi connectivity index (χ1v) is 14.2. The quantitative estimate of drug-likeness (QED) is 0.369. The summed E-state index contributed by atoms with van der Waals surface area (Å²) < 4.78 is 40.3. The van der Waals surface area contributed by atoms with Gasteiger partial charge in [0, 0.05) is 38.4 Å². The summed E-state index contributed by atoms with van der Waals surface area (Å²) in [4.78, 5) is 32.2. The van der Waals surface area contributed by atoms with Gasteiger partial charge in [0.25, 0.3) is 0 Å². The Morgan fingerprint density at radius 3 is 2.48 bits per heavy atom. The van der Waals surface area contributed by atoms with Crippen molar-refractivity contribution in [1.29, 1.82) is 0 Å². The summed E-state index contributed by atoms with van der Waals surface area (Å²) in [5.74, 6) is -1.43. The molecule has 1 aromatic carbocycles. The van der Waals surface area contributed by atoms with Crippen molar-refractivity contribution in [2.45, 2.75) is 39.3 Å². The number of benzene rings is 1. The van der Waals surface area contributed by atoms with E-state index in [4.69, 9.17) is 4.84 Å². The minimum atomic E-state index is -5.09. The van der Waals surface area contributed by atoms with E-state index in [1.807, 2.05) is 19.9 Å². The second kappa shape index (κ2) is 11.8. The number of aromatic amines is 1. The number of hydrogen-bond acceptors (Lipinski definition) is 9. The summed E-state index contributed by atoms with van der Waals surface area (Å²) >= 11 is 3.47. The number of alkyl halides is 3. The Morgan fingerprint density at radius 2 is 1.80 bits per heavy atom. The highest BCUT2D eigenvalue weighted by atomic mass is 79.9. The van der Waals surface area contributed by atoms with E-state index in [9.17, 15) is 18.0 Å². The van der Waals surface area contributed by atoms with E-state index in [-0.39, 0.29) is 6.54 Å². The van der Waals surface area contributed by atoms with Gasteiger partial charge in [0.2, 0.25) is 0 Å². The van der Waals surface area contributed by atoms with Crippen LogP contribution in [0.15, 0.2) is 23.1 Å². The molecule has 0 amide bonds. The molecule has 2 aliphatic rings. The lowest BCUT2D eigenvalue weighted by Gasteiger charge is -2.38. The van der Waals surface area contributed by atoms with Gasteiger partial charge in [0.1, 0.15) is 16.7 Å². The van der Waals surface area contributed by atoms with Gasteiger partial charge in [-0.25, -0.2) is 19.8 Å². The molecule has 2 fully saturated rings. The molecule has 10 nitrogen and oxygen atoms in total. The van der Waals surface area contributed by atoms with Crippen molar-refractivity contribution < 1.29 is 22.8 Å². The number of nitrogens with zero attached hydrogens (tertiary/aromatic N) is 7. The summed E-state index contributed by atoms with van der Waals surface area (Å²) in [7, 11) is 0. The second-order valence-electron chi connectivity index (χ2n) is 10.0. The highest BCUT2D eigenvalue weighted by Gasteiger charge is 2.43. The number of rotatable bonds is 8. The summed E-state index contributed by atoms with van der Waals surface area (Å²) in [5, 5.41) is 9.03. The number of fused-ring (bicyclic) bond motifs is 1. The molecule has 0 aliphatic carbocycles. The Balaban J connectivity index is 1.39. The number of hydroxylamine groups is 1. The minimum Gasteiger partial charge on any atom is -0.368 e. The van der Waals surface area contributed by atoms with Crippen LogP contribution in [0, 0.1) is 6.92 Å². The molecule has 0 bridgehead atoms. The van der Waals surface area contributed by atoms with E-state index in [1.165, 1.54) is 6.33 Å². The number of piperazine rings is 1. The number of aromatic nitrogens is 4. The third kappa shape index (κ3) is 5.97. The van der Waals surface area contributed by atoms with Crippen LogP contribution < -0.4 is 14.9 Å². The molecule has 40 heavy (non-hydrogen) atoms. The zero-order valence-electron chi connectivity index (χ0n) is 22.5. The maximum atomic E-state index is 13.2. The van der Waals surface area contributed by atoms with Crippen LogP contribution in [0.2, 0.25) is 0 Å². The van der Waals surface area contributed by atoms with Crippen molar-refractivity contribution in [2.75, 3.05) is 67.2 Å². The van der Waals surface area contributed by atoms with E-state index in [1.54, 1.807) is 0 Å². The highest BCUT2D eigenvalue weighted by molar-refractivity contribution is 9.10. The molecule has 3 aromatic rings. The Kier molecular flexibility index (Phi) is 8.36. The van der Waals surface area contributed by atoms with Crippen LogP contribution >= 0.6 is 15.9 Å². The molecular formula is C26H32BrF3N8O2. The summed E-state index contributed by atoms with van der Waals surface area (Å²) in [6, 6.07) is 3.91. The Labute approximate surface area is 238 Å². The molecule has 2 aromatic heterocycles. The van der Waals surface area contributed by atoms with E-state index < -0.39 is 12.1 Å². The molecule has 4 heterocycles. The standard InChI is InChI=1S/C26H32BrF3N8O2/c1-3-18-14-19(36-9-11-37(12-10-36)24-21-22(27)33-34-23(21)31-16-32-24)17(2)20(15-18)38(40-25(39)26(28,29)30)13-8-35-6-4-5-7-35/h14-16H,3-13H2,1-2H3,(H,31,32,33,34). The third-order valence-electron chi connectivity index (χ3n) is 7.55. The number of halogens is 4.